The Morgan fingerprint density at radius 1 is 1.05 bits per heavy atom. The minimum atomic E-state index is -0.235. The van der Waals surface area contributed by atoms with Crippen LogP contribution in [0.15, 0.2) is 48.5 Å². The SMILES string of the molecule is Fc1ccc(CNc2nc3nc4ccccc4n3[nH]2)cc1. The first-order valence-corrected chi connectivity index (χ1v) is 6.61. The normalized spacial score (nSPS) is 11.3. The van der Waals surface area contributed by atoms with E-state index < -0.39 is 0 Å². The molecular formula is C15H12FN5. The number of halogens is 1. The van der Waals surface area contributed by atoms with E-state index in [4.69, 9.17) is 0 Å². The van der Waals surface area contributed by atoms with Gasteiger partial charge in [-0.15, -0.1) is 0 Å². The number of anilines is 1. The van der Waals surface area contributed by atoms with Crippen molar-refractivity contribution in [1.82, 2.24) is 19.6 Å². The molecule has 0 aliphatic rings. The zero-order valence-corrected chi connectivity index (χ0v) is 11.0. The molecular weight excluding hydrogens is 269 g/mol. The van der Waals surface area contributed by atoms with Gasteiger partial charge in [0.1, 0.15) is 5.82 Å². The Morgan fingerprint density at radius 3 is 2.71 bits per heavy atom. The molecule has 0 bridgehead atoms. The highest BCUT2D eigenvalue weighted by Gasteiger charge is 2.08. The van der Waals surface area contributed by atoms with Crippen molar-refractivity contribution in [3.63, 3.8) is 0 Å². The van der Waals surface area contributed by atoms with E-state index in [9.17, 15) is 4.39 Å². The summed E-state index contributed by atoms with van der Waals surface area (Å²) >= 11 is 0. The first kappa shape index (κ1) is 11.9. The first-order chi connectivity index (χ1) is 10.3. The molecule has 6 heteroatoms. The summed E-state index contributed by atoms with van der Waals surface area (Å²) in [5.41, 5.74) is 2.87. The number of nitrogens with one attached hydrogen (secondary N) is 2. The number of fused-ring (bicyclic) bond motifs is 3. The Bertz CT molecular complexity index is 907. The lowest BCUT2D eigenvalue weighted by Crippen LogP contribution is -2.01. The number of para-hydroxylation sites is 2. The monoisotopic (exact) mass is 281 g/mol. The third-order valence-electron chi connectivity index (χ3n) is 3.35. The molecule has 0 spiro atoms. The van der Waals surface area contributed by atoms with Crippen LogP contribution < -0.4 is 5.32 Å². The van der Waals surface area contributed by atoms with E-state index in [0.717, 1.165) is 16.6 Å². The second-order valence-corrected chi connectivity index (χ2v) is 4.79. The summed E-state index contributed by atoms with van der Waals surface area (Å²) < 4.78 is 14.7. The zero-order chi connectivity index (χ0) is 14.2. The molecule has 0 saturated carbocycles. The van der Waals surface area contributed by atoms with Crippen LogP contribution in [-0.4, -0.2) is 19.6 Å². The number of H-pyrrole nitrogens is 1. The van der Waals surface area contributed by atoms with Crippen molar-refractivity contribution in [2.75, 3.05) is 5.32 Å². The molecule has 2 N–H and O–H groups in total. The molecule has 2 heterocycles. The summed E-state index contributed by atoms with van der Waals surface area (Å²) in [4.78, 5) is 8.83. The van der Waals surface area contributed by atoms with Crippen LogP contribution in [0.1, 0.15) is 5.56 Å². The van der Waals surface area contributed by atoms with Gasteiger partial charge in [-0.05, 0) is 29.8 Å². The summed E-state index contributed by atoms with van der Waals surface area (Å²) in [7, 11) is 0. The lowest BCUT2D eigenvalue weighted by atomic mass is 10.2. The number of benzene rings is 2. The fourth-order valence-electron chi connectivity index (χ4n) is 2.30. The average molecular weight is 281 g/mol. The Hall–Kier alpha value is -2.89. The van der Waals surface area contributed by atoms with Gasteiger partial charge in [-0.2, -0.15) is 4.98 Å². The zero-order valence-electron chi connectivity index (χ0n) is 11.0. The molecule has 0 aliphatic heterocycles. The molecule has 21 heavy (non-hydrogen) atoms. The molecule has 4 rings (SSSR count). The van der Waals surface area contributed by atoms with Crippen molar-refractivity contribution < 1.29 is 4.39 Å². The van der Waals surface area contributed by atoms with E-state index >= 15 is 0 Å². The van der Waals surface area contributed by atoms with Gasteiger partial charge in [0.05, 0.1) is 11.0 Å². The summed E-state index contributed by atoms with van der Waals surface area (Å²) in [5, 5.41) is 6.33. The van der Waals surface area contributed by atoms with E-state index in [1.54, 1.807) is 12.1 Å². The van der Waals surface area contributed by atoms with Crippen LogP contribution in [0.5, 0.6) is 0 Å². The molecule has 0 unspecified atom stereocenters. The Morgan fingerprint density at radius 2 is 1.86 bits per heavy atom. The van der Waals surface area contributed by atoms with E-state index in [0.29, 0.717) is 18.3 Å². The van der Waals surface area contributed by atoms with Crippen LogP contribution in [0.3, 0.4) is 0 Å². The second-order valence-electron chi connectivity index (χ2n) is 4.79. The van der Waals surface area contributed by atoms with Gasteiger partial charge in [-0.25, -0.2) is 13.9 Å². The third kappa shape index (κ3) is 2.10. The molecule has 0 amide bonds. The van der Waals surface area contributed by atoms with Crippen molar-refractivity contribution in [2.45, 2.75) is 6.54 Å². The highest BCUT2D eigenvalue weighted by Crippen LogP contribution is 2.16. The molecule has 4 aromatic rings. The van der Waals surface area contributed by atoms with Crippen molar-refractivity contribution in [3.05, 3.63) is 59.9 Å². The number of rotatable bonds is 3. The molecule has 0 saturated heterocycles. The third-order valence-corrected chi connectivity index (χ3v) is 3.35. The topological polar surface area (TPSA) is 58.0 Å². The molecule has 0 aliphatic carbocycles. The van der Waals surface area contributed by atoms with E-state index in [-0.39, 0.29) is 5.82 Å². The van der Waals surface area contributed by atoms with Crippen LogP contribution in [0.2, 0.25) is 0 Å². The fourth-order valence-corrected chi connectivity index (χ4v) is 2.30. The predicted octanol–water partition coefficient (Wildman–Crippen LogP) is 2.96. The number of aromatic amines is 1. The number of hydrogen-bond acceptors (Lipinski definition) is 3. The number of imidazole rings is 1. The summed E-state index contributed by atoms with van der Waals surface area (Å²) in [5.74, 6) is 1.02. The van der Waals surface area contributed by atoms with Gasteiger partial charge < -0.3 is 5.32 Å². The van der Waals surface area contributed by atoms with Gasteiger partial charge >= 0.3 is 0 Å². The second kappa shape index (κ2) is 4.59. The van der Waals surface area contributed by atoms with Gasteiger partial charge in [0.25, 0.3) is 5.78 Å². The molecule has 2 aromatic carbocycles. The van der Waals surface area contributed by atoms with Crippen molar-refractivity contribution in [2.24, 2.45) is 0 Å². The van der Waals surface area contributed by atoms with Crippen molar-refractivity contribution in [1.29, 1.82) is 0 Å². The van der Waals surface area contributed by atoms with Crippen LogP contribution in [0, 0.1) is 5.82 Å². The predicted molar refractivity (Wildman–Crippen MR) is 78.6 cm³/mol. The quantitative estimate of drug-likeness (QED) is 0.607. The van der Waals surface area contributed by atoms with Gasteiger partial charge in [0.15, 0.2) is 0 Å². The smallest absolute Gasteiger partial charge is 0.253 e. The number of hydrogen-bond donors (Lipinski definition) is 2. The van der Waals surface area contributed by atoms with Crippen LogP contribution in [0.4, 0.5) is 10.3 Å². The average Bonchev–Trinajstić information content (AvgIpc) is 3.04. The van der Waals surface area contributed by atoms with Crippen molar-refractivity contribution >= 4 is 22.8 Å². The minimum absolute atomic E-state index is 0.235. The summed E-state index contributed by atoms with van der Waals surface area (Å²) in [6.45, 7) is 0.564. The maximum absolute atomic E-state index is 12.8. The number of nitrogens with zero attached hydrogens (tertiary/aromatic N) is 3. The van der Waals surface area contributed by atoms with E-state index in [2.05, 4.69) is 20.4 Å². The summed E-state index contributed by atoms with van der Waals surface area (Å²) in [6.07, 6.45) is 0. The Balaban J connectivity index is 1.60. The highest BCUT2D eigenvalue weighted by atomic mass is 19.1. The molecule has 0 atom stereocenters. The number of aromatic nitrogens is 4. The molecule has 0 radical (unpaired) electrons. The lowest BCUT2D eigenvalue weighted by Gasteiger charge is -2.02. The largest absolute Gasteiger partial charge is 0.351 e. The van der Waals surface area contributed by atoms with Crippen LogP contribution in [-0.2, 0) is 6.54 Å². The van der Waals surface area contributed by atoms with Gasteiger partial charge in [0.2, 0.25) is 5.95 Å². The maximum Gasteiger partial charge on any atom is 0.253 e. The van der Waals surface area contributed by atoms with E-state index in [1.807, 2.05) is 28.8 Å². The maximum atomic E-state index is 12.8. The standard InChI is InChI=1S/C15H12FN5/c16-11-7-5-10(6-8-11)9-17-14-19-15-18-12-3-1-2-4-13(12)21(15)20-14/h1-8H,9H2,(H2,17,18,19,20). The fraction of sp³-hybridized carbons (Fsp3) is 0.0667. The van der Waals surface area contributed by atoms with Crippen LogP contribution >= 0.6 is 0 Å². The van der Waals surface area contributed by atoms with Gasteiger partial charge in [-0.3, -0.25) is 5.10 Å². The Kier molecular flexibility index (Phi) is 2.60. The van der Waals surface area contributed by atoms with Crippen LogP contribution in [0.25, 0.3) is 16.8 Å². The molecule has 2 aromatic heterocycles. The van der Waals surface area contributed by atoms with Gasteiger partial charge in [0, 0.05) is 6.54 Å². The molecule has 0 fully saturated rings. The first-order valence-electron chi connectivity index (χ1n) is 6.61. The molecule has 104 valence electrons. The summed E-state index contributed by atoms with van der Waals surface area (Å²) in [6, 6.07) is 14.2. The highest BCUT2D eigenvalue weighted by molar-refractivity contribution is 5.79. The van der Waals surface area contributed by atoms with Crippen molar-refractivity contribution in [3.8, 4) is 0 Å². The van der Waals surface area contributed by atoms with E-state index in [1.165, 1.54) is 12.1 Å². The molecule has 5 nitrogen and oxygen atoms in total. The lowest BCUT2D eigenvalue weighted by molar-refractivity contribution is 0.627. The Labute approximate surface area is 119 Å². The van der Waals surface area contributed by atoms with Gasteiger partial charge in [-0.1, -0.05) is 24.3 Å². The minimum Gasteiger partial charge on any atom is -0.351 e.